The lowest BCUT2D eigenvalue weighted by atomic mass is 9.98. The van der Waals surface area contributed by atoms with Crippen LogP contribution in [0.5, 0.6) is 0 Å². The fourth-order valence-corrected chi connectivity index (χ4v) is 3.51. The predicted molar refractivity (Wildman–Crippen MR) is 106 cm³/mol. The normalized spacial score (nSPS) is 12.3. The fourth-order valence-electron chi connectivity index (χ4n) is 2.88. The van der Waals surface area contributed by atoms with E-state index in [-0.39, 0.29) is 16.8 Å². The summed E-state index contributed by atoms with van der Waals surface area (Å²) in [6.07, 6.45) is 1.81. The van der Waals surface area contributed by atoms with Gasteiger partial charge in [-0.15, -0.1) is 0 Å². The number of benzene rings is 3. The van der Waals surface area contributed by atoms with Gasteiger partial charge in [-0.05, 0) is 41.8 Å². The second kappa shape index (κ2) is 8.18. The largest absolute Gasteiger partial charge is 0.345 e. The lowest BCUT2D eigenvalue weighted by Crippen LogP contribution is -2.30. The van der Waals surface area contributed by atoms with Gasteiger partial charge in [0.05, 0.1) is 10.9 Å². The Balaban J connectivity index is 1.82. The molecule has 0 spiro atoms. The standard InChI is InChI=1S/C22H21NO3S/c1-27(25,26)20-14-12-19(13-15-20)22(24)23-21(18-10-6-3-7-11-18)16-17-8-4-2-5-9-17/h2-15,21H,16H2,1H3,(H,23,24)/t21-/m0/s1. The van der Waals surface area contributed by atoms with E-state index in [9.17, 15) is 13.2 Å². The smallest absolute Gasteiger partial charge is 0.251 e. The van der Waals surface area contributed by atoms with E-state index < -0.39 is 9.84 Å². The molecule has 0 radical (unpaired) electrons. The zero-order valence-electron chi connectivity index (χ0n) is 15.0. The van der Waals surface area contributed by atoms with E-state index in [1.807, 2.05) is 60.7 Å². The Morgan fingerprint density at radius 1 is 0.852 bits per heavy atom. The van der Waals surface area contributed by atoms with E-state index in [0.717, 1.165) is 17.4 Å². The van der Waals surface area contributed by atoms with Crippen molar-refractivity contribution in [2.24, 2.45) is 0 Å². The second-order valence-electron chi connectivity index (χ2n) is 6.42. The van der Waals surface area contributed by atoms with Crippen molar-refractivity contribution >= 4 is 15.7 Å². The molecule has 0 saturated carbocycles. The molecule has 0 saturated heterocycles. The van der Waals surface area contributed by atoms with E-state index >= 15 is 0 Å². The third-order valence-corrected chi connectivity index (χ3v) is 5.46. The van der Waals surface area contributed by atoms with Crippen LogP contribution in [0.25, 0.3) is 0 Å². The summed E-state index contributed by atoms with van der Waals surface area (Å²) in [4.78, 5) is 12.9. The first-order valence-corrected chi connectivity index (χ1v) is 10.5. The van der Waals surface area contributed by atoms with Crippen molar-refractivity contribution in [2.45, 2.75) is 17.4 Å². The zero-order valence-corrected chi connectivity index (χ0v) is 15.8. The predicted octanol–water partition coefficient (Wildman–Crippen LogP) is 3.80. The van der Waals surface area contributed by atoms with Crippen LogP contribution in [0, 0.1) is 0 Å². The topological polar surface area (TPSA) is 63.2 Å². The van der Waals surface area contributed by atoms with E-state index in [0.29, 0.717) is 12.0 Å². The molecule has 4 nitrogen and oxygen atoms in total. The summed E-state index contributed by atoms with van der Waals surface area (Å²) in [6.45, 7) is 0. The number of sulfone groups is 1. The quantitative estimate of drug-likeness (QED) is 0.708. The van der Waals surface area contributed by atoms with Crippen LogP contribution in [0.4, 0.5) is 0 Å². The fraction of sp³-hybridized carbons (Fsp3) is 0.136. The molecule has 0 aliphatic carbocycles. The Bertz CT molecular complexity index is 998. The number of hydrogen-bond donors (Lipinski definition) is 1. The van der Waals surface area contributed by atoms with Gasteiger partial charge < -0.3 is 5.32 Å². The molecular weight excluding hydrogens is 358 g/mol. The van der Waals surface area contributed by atoms with Gasteiger partial charge in [0.25, 0.3) is 5.91 Å². The van der Waals surface area contributed by atoms with Crippen molar-refractivity contribution < 1.29 is 13.2 Å². The molecule has 0 fully saturated rings. The van der Waals surface area contributed by atoms with Crippen molar-refractivity contribution in [3.63, 3.8) is 0 Å². The molecule has 1 atom stereocenters. The average molecular weight is 379 g/mol. The molecule has 0 unspecified atom stereocenters. The molecule has 0 aromatic heterocycles. The Morgan fingerprint density at radius 2 is 1.41 bits per heavy atom. The highest BCUT2D eigenvalue weighted by molar-refractivity contribution is 7.90. The van der Waals surface area contributed by atoms with Crippen LogP contribution in [-0.4, -0.2) is 20.6 Å². The van der Waals surface area contributed by atoms with Crippen molar-refractivity contribution in [3.8, 4) is 0 Å². The third kappa shape index (κ3) is 5.05. The van der Waals surface area contributed by atoms with Gasteiger partial charge in [0, 0.05) is 11.8 Å². The summed E-state index contributed by atoms with van der Waals surface area (Å²) in [7, 11) is -3.28. The monoisotopic (exact) mass is 379 g/mol. The summed E-state index contributed by atoms with van der Waals surface area (Å²) in [5.74, 6) is -0.236. The first-order valence-electron chi connectivity index (χ1n) is 8.63. The van der Waals surface area contributed by atoms with Gasteiger partial charge in [-0.2, -0.15) is 0 Å². The number of carbonyl (C=O) groups excluding carboxylic acids is 1. The minimum atomic E-state index is -3.28. The van der Waals surface area contributed by atoms with Crippen molar-refractivity contribution in [1.29, 1.82) is 0 Å². The van der Waals surface area contributed by atoms with Crippen LogP contribution in [0.2, 0.25) is 0 Å². The maximum absolute atomic E-state index is 12.7. The van der Waals surface area contributed by atoms with Gasteiger partial charge >= 0.3 is 0 Å². The molecule has 138 valence electrons. The van der Waals surface area contributed by atoms with E-state index in [1.165, 1.54) is 24.3 Å². The number of nitrogens with one attached hydrogen (secondary N) is 1. The first kappa shape index (κ1) is 18.9. The van der Waals surface area contributed by atoms with Crippen molar-refractivity contribution in [1.82, 2.24) is 5.32 Å². The average Bonchev–Trinajstić information content (AvgIpc) is 2.68. The lowest BCUT2D eigenvalue weighted by molar-refractivity contribution is 0.0936. The first-order chi connectivity index (χ1) is 12.9. The molecule has 1 N–H and O–H groups in total. The Labute approximate surface area is 159 Å². The van der Waals surface area contributed by atoms with Crippen molar-refractivity contribution in [2.75, 3.05) is 6.26 Å². The maximum atomic E-state index is 12.7. The van der Waals surface area contributed by atoms with E-state index in [2.05, 4.69) is 5.32 Å². The molecule has 27 heavy (non-hydrogen) atoms. The Kier molecular flexibility index (Phi) is 5.72. The van der Waals surface area contributed by atoms with Gasteiger partial charge in [0.15, 0.2) is 9.84 Å². The van der Waals surface area contributed by atoms with Crippen LogP contribution >= 0.6 is 0 Å². The maximum Gasteiger partial charge on any atom is 0.251 e. The van der Waals surface area contributed by atoms with Crippen molar-refractivity contribution in [3.05, 3.63) is 102 Å². The number of hydrogen-bond acceptors (Lipinski definition) is 3. The van der Waals surface area contributed by atoms with Crippen LogP contribution in [0.15, 0.2) is 89.8 Å². The van der Waals surface area contributed by atoms with E-state index in [4.69, 9.17) is 0 Å². The summed E-state index contributed by atoms with van der Waals surface area (Å²) < 4.78 is 23.2. The van der Waals surface area contributed by atoms with E-state index in [1.54, 1.807) is 0 Å². The van der Waals surface area contributed by atoms with Gasteiger partial charge in [0.1, 0.15) is 0 Å². The van der Waals surface area contributed by atoms with Crippen LogP contribution < -0.4 is 5.32 Å². The molecule has 0 bridgehead atoms. The van der Waals surface area contributed by atoms with Crippen LogP contribution in [0.3, 0.4) is 0 Å². The van der Waals surface area contributed by atoms with Gasteiger partial charge in [-0.1, -0.05) is 60.7 Å². The molecule has 3 aromatic rings. The molecule has 5 heteroatoms. The third-order valence-electron chi connectivity index (χ3n) is 4.33. The zero-order chi connectivity index (χ0) is 19.3. The van der Waals surface area contributed by atoms with Crippen LogP contribution in [-0.2, 0) is 16.3 Å². The number of rotatable bonds is 6. The van der Waals surface area contributed by atoms with Gasteiger partial charge in [-0.3, -0.25) is 4.79 Å². The number of amides is 1. The second-order valence-corrected chi connectivity index (χ2v) is 8.44. The van der Waals surface area contributed by atoms with Crippen LogP contribution in [0.1, 0.15) is 27.5 Å². The summed E-state index contributed by atoms with van der Waals surface area (Å²) in [5.41, 5.74) is 2.57. The molecule has 3 aromatic carbocycles. The minimum absolute atomic E-state index is 0.185. The molecule has 0 aliphatic rings. The molecule has 1 amide bonds. The summed E-state index contributed by atoms with van der Waals surface area (Å²) >= 11 is 0. The Morgan fingerprint density at radius 3 is 1.96 bits per heavy atom. The minimum Gasteiger partial charge on any atom is -0.345 e. The van der Waals surface area contributed by atoms with Gasteiger partial charge in [-0.25, -0.2) is 8.42 Å². The SMILES string of the molecule is CS(=O)(=O)c1ccc(C(=O)N[C@@H](Cc2ccccc2)c2ccccc2)cc1. The Hall–Kier alpha value is -2.92. The highest BCUT2D eigenvalue weighted by Crippen LogP contribution is 2.19. The molecule has 0 aliphatic heterocycles. The summed E-state index contributed by atoms with van der Waals surface area (Å²) in [5, 5.41) is 3.07. The molecule has 3 rings (SSSR count). The highest BCUT2D eigenvalue weighted by Gasteiger charge is 2.17. The molecular formula is C22H21NO3S. The number of carbonyl (C=O) groups is 1. The highest BCUT2D eigenvalue weighted by atomic mass is 32.2. The lowest BCUT2D eigenvalue weighted by Gasteiger charge is -2.20. The van der Waals surface area contributed by atoms with Gasteiger partial charge in [0.2, 0.25) is 0 Å². The molecule has 0 heterocycles. The summed E-state index contributed by atoms with van der Waals surface area (Å²) in [6, 6.07) is 25.6.